The van der Waals surface area contributed by atoms with E-state index in [4.69, 9.17) is 9.47 Å². The summed E-state index contributed by atoms with van der Waals surface area (Å²) in [6, 6.07) is 14.8. The van der Waals surface area contributed by atoms with Gasteiger partial charge >= 0.3 is 0 Å². The number of methoxy groups -OCH3 is 1. The topological polar surface area (TPSA) is 35.5 Å². The minimum Gasteiger partial charge on any atom is -0.497 e. The van der Waals surface area contributed by atoms with Gasteiger partial charge in [0.2, 0.25) is 0 Å². The molecule has 2 rings (SSSR count). The molecule has 0 atom stereocenters. The van der Waals surface area contributed by atoms with Gasteiger partial charge in [-0.15, -0.1) is 0 Å². The van der Waals surface area contributed by atoms with Crippen molar-refractivity contribution < 1.29 is 14.3 Å². The Kier molecular flexibility index (Phi) is 5.78. The Labute approximate surface area is 131 Å². The van der Waals surface area contributed by atoms with E-state index < -0.39 is 0 Å². The van der Waals surface area contributed by atoms with E-state index in [0.717, 1.165) is 23.5 Å². The van der Waals surface area contributed by atoms with Crippen LogP contribution in [0.2, 0.25) is 0 Å². The van der Waals surface area contributed by atoms with Crippen LogP contribution < -0.4 is 9.47 Å². The molecule has 0 aromatic heterocycles. The summed E-state index contributed by atoms with van der Waals surface area (Å²) < 4.78 is 10.6. The first-order valence-corrected chi connectivity index (χ1v) is 7.32. The molecule has 0 spiro atoms. The molecule has 0 bridgehead atoms. The SMILES string of the molecule is CCCOc1ccc(/C=C/C(=O)c2ccc(OC)cc2)cc1. The lowest BCUT2D eigenvalue weighted by Gasteiger charge is -2.04. The van der Waals surface area contributed by atoms with E-state index in [0.29, 0.717) is 12.2 Å². The van der Waals surface area contributed by atoms with E-state index in [1.807, 2.05) is 24.3 Å². The fourth-order valence-corrected chi connectivity index (χ4v) is 1.92. The fourth-order valence-electron chi connectivity index (χ4n) is 1.92. The average Bonchev–Trinajstić information content (AvgIpc) is 2.58. The molecular formula is C19H20O3. The normalized spacial score (nSPS) is 10.6. The first-order chi connectivity index (χ1) is 10.7. The van der Waals surface area contributed by atoms with Crippen LogP contribution in [0.4, 0.5) is 0 Å². The predicted molar refractivity (Wildman–Crippen MR) is 88.6 cm³/mol. The number of ether oxygens (including phenoxy) is 2. The van der Waals surface area contributed by atoms with Crippen molar-refractivity contribution in [3.05, 3.63) is 65.7 Å². The van der Waals surface area contributed by atoms with Crippen LogP contribution in [0.1, 0.15) is 29.3 Å². The summed E-state index contributed by atoms with van der Waals surface area (Å²) in [4.78, 5) is 12.1. The van der Waals surface area contributed by atoms with Gasteiger partial charge in [0.1, 0.15) is 11.5 Å². The monoisotopic (exact) mass is 296 g/mol. The second-order valence-corrected chi connectivity index (χ2v) is 4.84. The average molecular weight is 296 g/mol. The molecule has 0 saturated heterocycles. The first-order valence-electron chi connectivity index (χ1n) is 7.32. The summed E-state index contributed by atoms with van der Waals surface area (Å²) in [6.45, 7) is 2.78. The minimum atomic E-state index is -0.0334. The molecule has 2 aromatic carbocycles. The quantitative estimate of drug-likeness (QED) is 0.562. The molecule has 0 aliphatic rings. The Morgan fingerprint density at radius 3 is 2.23 bits per heavy atom. The van der Waals surface area contributed by atoms with Gasteiger partial charge < -0.3 is 9.47 Å². The van der Waals surface area contributed by atoms with Crippen molar-refractivity contribution >= 4 is 11.9 Å². The van der Waals surface area contributed by atoms with Crippen LogP contribution in [0.5, 0.6) is 11.5 Å². The van der Waals surface area contributed by atoms with E-state index >= 15 is 0 Å². The summed E-state index contributed by atoms with van der Waals surface area (Å²) >= 11 is 0. The lowest BCUT2D eigenvalue weighted by atomic mass is 10.1. The number of carbonyl (C=O) groups excluding carboxylic acids is 1. The zero-order chi connectivity index (χ0) is 15.8. The van der Waals surface area contributed by atoms with Gasteiger partial charge in [0.05, 0.1) is 13.7 Å². The summed E-state index contributed by atoms with van der Waals surface area (Å²) in [5.74, 6) is 1.55. The summed E-state index contributed by atoms with van der Waals surface area (Å²) in [6.07, 6.45) is 4.36. The Balaban J connectivity index is 1.99. The molecule has 0 aliphatic carbocycles. The highest BCUT2D eigenvalue weighted by atomic mass is 16.5. The van der Waals surface area contributed by atoms with Crippen molar-refractivity contribution in [1.29, 1.82) is 0 Å². The van der Waals surface area contributed by atoms with Gasteiger partial charge in [-0.2, -0.15) is 0 Å². The molecule has 0 N–H and O–H groups in total. The van der Waals surface area contributed by atoms with Gasteiger partial charge in [-0.25, -0.2) is 0 Å². The zero-order valence-corrected chi connectivity index (χ0v) is 12.9. The van der Waals surface area contributed by atoms with Crippen LogP contribution in [-0.4, -0.2) is 19.5 Å². The van der Waals surface area contributed by atoms with E-state index in [2.05, 4.69) is 6.92 Å². The van der Waals surface area contributed by atoms with Gasteiger partial charge in [-0.3, -0.25) is 4.79 Å². The van der Waals surface area contributed by atoms with Gasteiger partial charge in [0.15, 0.2) is 5.78 Å². The molecular weight excluding hydrogens is 276 g/mol. The maximum absolute atomic E-state index is 12.1. The second kappa shape index (κ2) is 8.03. The van der Waals surface area contributed by atoms with Crippen molar-refractivity contribution in [1.82, 2.24) is 0 Å². The number of benzene rings is 2. The van der Waals surface area contributed by atoms with E-state index in [1.165, 1.54) is 0 Å². The molecule has 2 aromatic rings. The van der Waals surface area contributed by atoms with E-state index in [1.54, 1.807) is 43.5 Å². The van der Waals surface area contributed by atoms with Crippen molar-refractivity contribution in [3.8, 4) is 11.5 Å². The Morgan fingerprint density at radius 1 is 1.00 bits per heavy atom. The van der Waals surface area contributed by atoms with Crippen LogP contribution in [0.25, 0.3) is 6.08 Å². The van der Waals surface area contributed by atoms with Crippen LogP contribution in [-0.2, 0) is 0 Å². The molecule has 0 aliphatic heterocycles. The number of hydrogen-bond donors (Lipinski definition) is 0. The zero-order valence-electron chi connectivity index (χ0n) is 12.9. The molecule has 0 fully saturated rings. The fraction of sp³-hybridized carbons (Fsp3) is 0.211. The Hall–Kier alpha value is -2.55. The Bertz CT molecular complexity index is 625. The highest BCUT2D eigenvalue weighted by molar-refractivity contribution is 6.06. The molecule has 114 valence electrons. The largest absolute Gasteiger partial charge is 0.497 e. The van der Waals surface area contributed by atoms with Gasteiger partial charge in [0, 0.05) is 5.56 Å². The van der Waals surface area contributed by atoms with Gasteiger partial charge in [0.25, 0.3) is 0 Å². The Morgan fingerprint density at radius 2 is 1.64 bits per heavy atom. The lowest BCUT2D eigenvalue weighted by Crippen LogP contribution is -1.95. The van der Waals surface area contributed by atoms with Gasteiger partial charge in [-0.05, 0) is 54.5 Å². The molecule has 0 unspecified atom stereocenters. The molecule has 0 amide bonds. The van der Waals surface area contributed by atoms with Crippen LogP contribution in [0.15, 0.2) is 54.6 Å². The van der Waals surface area contributed by atoms with Crippen LogP contribution in [0, 0.1) is 0 Å². The van der Waals surface area contributed by atoms with Crippen molar-refractivity contribution in [2.75, 3.05) is 13.7 Å². The summed E-state index contributed by atoms with van der Waals surface area (Å²) in [7, 11) is 1.60. The van der Waals surface area contributed by atoms with Gasteiger partial charge in [-0.1, -0.05) is 25.1 Å². The molecule has 22 heavy (non-hydrogen) atoms. The third kappa shape index (κ3) is 4.48. The number of rotatable bonds is 7. The standard InChI is InChI=1S/C19H20O3/c1-3-14-22-18-9-4-15(5-10-18)6-13-19(20)16-7-11-17(21-2)12-8-16/h4-13H,3,14H2,1-2H3/b13-6+. The van der Waals surface area contributed by atoms with E-state index in [-0.39, 0.29) is 5.78 Å². The highest BCUT2D eigenvalue weighted by Gasteiger charge is 2.01. The highest BCUT2D eigenvalue weighted by Crippen LogP contribution is 2.15. The smallest absolute Gasteiger partial charge is 0.185 e. The second-order valence-electron chi connectivity index (χ2n) is 4.84. The predicted octanol–water partition coefficient (Wildman–Crippen LogP) is 4.38. The molecule has 0 heterocycles. The van der Waals surface area contributed by atoms with Crippen LogP contribution >= 0.6 is 0 Å². The molecule has 3 heteroatoms. The number of ketones is 1. The third-order valence-corrected chi connectivity index (χ3v) is 3.15. The molecule has 0 saturated carbocycles. The third-order valence-electron chi connectivity index (χ3n) is 3.15. The number of carbonyl (C=O) groups is 1. The van der Waals surface area contributed by atoms with Crippen molar-refractivity contribution in [3.63, 3.8) is 0 Å². The summed E-state index contributed by atoms with van der Waals surface area (Å²) in [5, 5.41) is 0. The number of allylic oxidation sites excluding steroid dienone is 1. The summed E-state index contributed by atoms with van der Waals surface area (Å²) in [5.41, 5.74) is 1.60. The number of hydrogen-bond acceptors (Lipinski definition) is 3. The maximum atomic E-state index is 12.1. The van der Waals surface area contributed by atoms with Crippen molar-refractivity contribution in [2.24, 2.45) is 0 Å². The molecule has 0 radical (unpaired) electrons. The van der Waals surface area contributed by atoms with E-state index in [9.17, 15) is 4.79 Å². The maximum Gasteiger partial charge on any atom is 0.185 e. The first kappa shape index (κ1) is 15.8. The lowest BCUT2D eigenvalue weighted by molar-refractivity contribution is 0.104. The van der Waals surface area contributed by atoms with Crippen LogP contribution in [0.3, 0.4) is 0 Å². The molecule has 3 nitrogen and oxygen atoms in total. The van der Waals surface area contributed by atoms with Crippen molar-refractivity contribution in [2.45, 2.75) is 13.3 Å². The minimum absolute atomic E-state index is 0.0334.